The van der Waals surface area contributed by atoms with Crippen molar-refractivity contribution in [3.63, 3.8) is 0 Å². The van der Waals surface area contributed by atoms with E-state index in [1.54, 1.807) is 0 Å². The van der Waals surface area contributed by atoms with Crippen LogP contribution in [-0.4, -0.2) is 47.2 Å². The zero-order chi connectivity index (χ0) is 12.9. The summed E-state index contributed by atoms with van der Waals surface area (Å²) < 4.78 is 0. The van der Waals surface area contributed by atoms with Crippen LogP contribution in [0.1, 0.15) is 46.5 Å². The van der Waals surface area contributed by atoms with Gasteiger partial charge < -0.3 is 15.3 Å². The van der Waals surface area contributed by atoms with Crippen LogP contribution in [0.4, 0.5) is 0 Å². The summed E-state index contributed by atoms with van der Waals surface area (Å²) in [4.78, 5) is 14.1. The van der Waals surface area contributed by atoms with E-state index >= 15 is 0 Å². The van der Waals surface area contributed by atoms with E-state index in [4.69, 9.17) is 5.11 Å². The monoisotopic (exact) mass is 242 g/mol. The third-order valence-corrected chi connectivity index (χ3v) is 3.18. The topological polar surface area (TPSA) is 52.6 Å². The average Bonchev–Trinajstić information content (AvgIpc) is 2.26. The summed E-state index contributed by atoms with van der Waals surface area (Å²) in [6.45, 7) is 7.58. The molecule has 0 aromatic rings. The van der Waals surface area contributed by atoms with Crippen molar-refractivity contribution < 1.29 is 9.90 Å². The number of aliphatic hydroxyl groups excluding tert-OH is 1. The molecule has 1 unspecified atom stereocenters. The van der Waals surface area contributed by atoms with Crippen LogP contribution in [0.15, 0.2) is 0 Å². The molecule has 1 saturated heterocycles. The van der Waals surface area contributed by atoms with Gasteiger partial charge in [-0.05, 0) is 46.5 Å². The van der Waals surface area contributed by atoms with Gasteiger partial charge in [-0.3, -0.25) is 4.79 Å². The predicted molar refractivity (Wildman–Crippen MR) is 68.8 cm³/mol. The Hall–Kier alpha value is -0.610. The Morgan fingerprint density at radius 2 is 2.12 bits per heavy atom. The van der Waals surface area contributed by atoms with E-state index in [0.717, 1.165) is 19.4 Å². The molecule has 4 heteroatoms. The summed E-state index contributed by atoms with van der Waals surface area (Å²) in [5.41, 5.74) is -0.0298. The van der Waals surface area contributed by atoms with Gasteiger partial charge in [0.15, 0.2) is 0 Å². The van der Waals surface area contributed by atoms with Crippen LogP contribution >= 0.6 is 0 Å². The van der Waals surface area contributed by atoms with Crippen LogP contribution in [0.2, 0.25) is 0 Å². The van der Waals surface area contributed by atoms with Gasteiger partial charge in [-0.1, -0.05) is 0 Å². The first-order valence-corrected chi connectivity index (χ1v) is 6.59. The molecule has 1 aliphatic rings. The van der Waals surface area contributed by atoms with Gasteiger partial charge in [0.25, 0.3) is 0 Å². The fraction of sp³-hybridized carbons (Fsp3) is 0.923. The van der Waals surface area contributed by atoms with Crippen molar-refractivity contribution >= 4 is 5.91 Å². The molecule has 2 N–H and O–H groups in total. The number of amides is 1. The van der Waals surface area contributed by atoms with Crippen molar-refractivity contribution in [3.8, 4) is 0 Å². The van der Waals surface area contributed by atoms with E-state index in [1.807, 2.05) is 4.90 Å². The third-order valence-electron chi connectivity index (χ3n) is 3.18. The van der Waals surface area contributed by atoms with Crippen LogP contribution in [0, 0.1) is 0 Å². The molecule has 0 aromatic heterocycles. The average molecular weight is 242 g/mol. The van der Waals surface area contributed by atoms with Crippen molar-refractivity contribution in [2.75, 3.05) is 19.7 Å². The van der Waals surface area contributed by atoms with Gasteiger partial charge in [0, 0.05) is 24.7 Å². The quantitative estimate of drug-likeness (QED) is 0.777. The maximum absolute atomic E-state index is 12.1. The molecule has 1 heterocycles. The van der Waals surface area contributed by atoms with Gasteiger partial charge in [0.2, 0.25) is 5.91 Å². The third kappa shape index (κ3) is 5.04. The predicted octanol–water partition coefficient (Wildman–Crippen LogP) is 1.14. The Morgan fingerprint density at radius 3 is 2.71 bits per heavy atom. The molecule has 1 atom stereocenters. The van der Waals surface area contributed by atoms with Gasteiger partial charge in [-0.25, -0.2) is 0 Å². The zero-order valence-corrected chi connectivity index (χ0v) is 11.3. The maximum atomic E-state index is 12.1. The molecule has 1 rings (SSSR count). The Balaban J connectivity index is 2.47. The number of nitrogens with zero attached hydrogens (tertiary/aromatic N) is 1. The summed E-state index contributed by atoms with van der Waals surface area (Å²) in [6.07, 6.45) is 3.99. The van der Waals surface area contributed by atoms with Crippen molar-refractivity contribution in [2.24, 2.45) is 0 Å². The summed E-state index contributed by atoms with van der Waals surface area (Å²) in [5, 5.41) is 12.3. The van der Waals surface area contributed by atoms with Crippen molar-refractivity contribution in [1.29, 1.82) is 0 Å². The van der Waals surface area contributed by atoms with E-state index in [2.05, 4.69) is 26.1 Å². The van der Waals surface area contributed by atoms with Gasteiger partial charge in [0.05, 0.1) is 6.54 Å². The van der Waals surface area contributed by atoms with Gasteiger partial charge in [0.1, 0.15) is 0 Å². The zero-order valence-electron chi connectivity index (χ0n) is 11.3. The molecule has 0 bridgehead atoms. The first-order valence-electron chi connectivity index (χ1n) is 6.59. The Kier molecular flexibility index (Phi) is 5.40. The Bertz CT molecular complexity index is 246. The van der Waals surface area contributed by atoms with E-state index in [9.17, 15) is 4.79 Å². The van der Waals surface area contributed by atoms with Crippen LogP contribution < -0.4 is 5.32 Å². The van der Waals surface area contributed by atoms with Crippen LogP contribution in [0.3, 0.4) is 0 Å². The van der Waals surface area contributed by atoms with Crippen molar-refractivity contribution in [1.82, 2.24) is 10.2 Å². The highest BCUT2D eigenvalue weighted by Gasteiger charge is 2.26. The number of hydrogen-bond acceptors (Lipinski definition) is 3. The first-order chi connectivity index (χ1) is 7.94. The molecular weight excluding hydrogens is 216 g/mol. The summed E-state index contributed by atoms with van der Waals surface area (Å²) in [7, 11) is 0. The largest absolute Gasteiger partial charge is 0.396 e. The van der Waals surface area contributed by atoms with Crippen LogP contribution in [0.5, 0.6) is 0 Å². The number of nitrogens with one attached hydrogen (secondary N) is 1. The standard InChI is InChI=1S/C13H26N2O2/c1-13(2,3)14-10-12(17)15-8-5-4-6-11(15)7-9-16/h11,14,16H,4-10H2,1-3H3. The summed E-state index contributed by atoms with van der Waals surface area (Å²) in [6, 6.07) is 0.239. The maximum Gasteiger partial charge on any atom is 0.236 e. The molecule has 17 heavy (non-hydrogen) atoms. The van der Waals surface area contributed by atoms with Gasteiger partial charge >= 0.3 is 0 Å². The highest BCUT2D eigenvalue weighted by Crippen LogP contribution is 2.19. The lowest BCUT2D eigenvalue weighted by molar-refractivity contribution is -0.134. The molecule has 1 fully saturated rings. The molecule has 100 valence electrons. The second-order valence-corrected chi connectivity index (χ2v) is 5.85. The van der Waals surface area contributed by atoms with E-state index < -0.39 is 0 Å². The fourth-order valence-corrected chi connectivity index (χ4v) is 2.22. The smallest absolute Gasteiger partial charge is 0.236 e. The van der Waals surface area contributed by atoms with E-state index in [0.29, 0.717) is 13.0 Å². The molecule has 1 amide bonds. The van der Waals surface area contributed by atoms with E-state index in [-0.39, 0.29) is 24.1 Å². The van der Waals surface area contributed by atoms with Gasteiger partial charge in [-0.2, -0.15) is 0 Å². The number of carbonyl (C=O) groups is 1. The van der Waals surface area contributed by atoms with Crippen LogP contribution in [0.25, 0.3) is 0 Å². The SMILES string of the molecule is CC(C)(C)NCC(=O)N1CCCCC1CCO. The van der Waals surface area contributed by atoms with Crippen LogP contribution in [-0.2, 0) is 4.79 Å². The summed E-state index contributed by atoms with van der Waals surface area (Å²) >= 11 is 0. The Labute approximate surface area is 104 Å². The number of likely N-dealkylation sites (tertiary alicyclic amines) is 1. The lowest BCUT2D eigenvalue weighted by Gasteiger charge is -2.36. The molecule has 4 nitrogen and oxygen atoms in total. The number of carbonyl (C=O) groups excluding carboxylic acids is 1. The highest BCUT2D eigenvalue weighted by atomic mass is 16.3. The lowest BCUT2D eigenvalue weighted by Crippen LogP contribution is -2.50. The Morgan fingerprint density at radius 1 is 1.41 bits per heavy atom. The normalized spacial score (nSPS) is 21.6. The lowest BCUT2D eigenvalue weighted by atomic mass is 9.99. The number of aliphatic hydroxyl groups is 1. The van der Waals surface area contributed by atoms with Gasteiger partial charge in [-0.15, -0.1) is 0 Å². The molecule has 1 aliphatic heterocycles. The second-order valence-electron chi connectivity index (χ2n) is 5.85. The molecule has 0 aliphatic carbocycles. The molecular formula is C13H26N2O2. The minimum Gasteiger partial charge on any atom is -0.396 e. The minimum absolute atomic E-state index is 0.0298. The number of rotatable bonds is 4. The number of piperidine rings is 1. The van der Waals surface area contributed by atoms with E-state index in [1.165, 1.54) is 6.42 Å². The second kappa shape index (κ2) is 6.36. The first kappa shape index (κ1) is 14.5. The molecule has 0 saturated carbocycles. The molecule has 0 spiro atoms. The molecule has 0 radical (unpaired) electrons. The minimum atomic E-state index is -0.0298. The highest BCUT2D eigenvalue weighted by molar-refractivity contribution is 5.78. The van der Waals surface area contributed by atoms with Crippen molar-refractivity contribution in [2.45, 2.75) is 58.0 Å². The molecule has 0 aromatic carbocycles. The fourth-order valence-electron chi connectivity index (χ4n) is 2.22. The number of hydrogen-bond donors (Lipinski definition) is 2. The van der Waals surface area contributed by atoms with Crippen molar-refractivity contribution in [3.05, 3.63) is 0 Å². The summed E-state index contributed by atoms with van der Waals surface area (Å²) in [5.74, 6) is 0.165.